The van der Waals surface area contributed by atoms with Gasteiger partial charge >= 0.3 is 5.97 Å². The van der Waals surface area contributed by atoms with Crippen LogP contribution in [0.25, 0.3) is 0 Å². The van der Waals surface area contributed by atoms with Gasteiger partial charge in [0.1, 0.15) is 0 Å². The fraction of sp³-hybridized carbons (Fsp3) is 0.412. The van der Waals surface area contributed by atoms with E-state index in [1.165, 1.54) is 18.2 Å². The molecule has 1 aromatic heterocycles. The van der Waals surface area contributed by atoms with Crippen molar-refractivity contribution in [2.24, 2.45) is 7.05 Å². The van der Waals surface area contributed by atoms with Crippen LogP contribution in [-0.4, -0.2) is 35.3 Å². The highest BCUT2D eigenvalue weighted by molar-refractivity contribution is 7.89. The van der Waals surface area contributed by atoms with Crippen molar-refractivity contribution in [2.45, 2.75) is 45.1 Å². The number of aryl methyl sites for hydroxylation is 3. The summed E-state index contributed by atoms with van der Waals surface area (Å²) in [6.45, 7) is 7.23. The lowest BCUT2D eigenvalue weighted by atomic mass is 10.1. The van der Waals surface area contributed by atoms with E-state index in [9.17, 15) is 13.2 Å². The second-order valence-corrected chi connectivity index (χ2v) is 7.97. The highest BCUT2D eigenvalue weighted by Crippen LogP contribution is 2.19. The first-order valence-electron chi connectivity index (χ1n) is 7.88. The maximum atomic E-state index is 12.6. The molecular weight excluding hydrogens is 342 g/mol. The van der Waals surface area contributed by atoms with Crippen LogP contribution < -0.4 is 4.72 Å². The van der Waals surface area contributed by atoms with E-state index >= 15 is 0 Å². The van der Waals surface area contributed by atoms with E-state index in [0.717, 1.165) is 17.0 Å². The van der Waals surface area contributed by atoms with Gasteiger partial charge in [0.2, 0.25) is 10.0 Å². The molecule has 1 aromatic carbocycles. The lowest BCUT2D eigenvalue weighted by Gasteiger charge is -2.16. The molecule has 0 spiro atoms. The summed E-state index contributed by atoms with van der Waals surface area (Å²) in [4.78, 5) is 11.1. The quantitative estimate of drug-likeness (QED) is 0.815. The molecule has 0 radical (unpaired) electrons. The van der Waals surface area contributed by atoms with Gasteiger partial charge in [-0.25, -0.2) is 17.9 Å². The molecule has 0 aliphatic carbocycles. The smallest absolute Gasteiger partial charge is 0.335 e. The third-order valence-corrected chi connectivity index (χ3v) is 5.99. The van der Waals surface area contributed by atoms with Crippen LogP contribution >= 0.6 is 0 Å². The SMILES string of the molecule is Cc1cc(C(=O)O)ccc1S(=O)(=O)NC(C)Cc1c(C)nn(C)c1C. The number of nitrogens with zero attached hydrogens (tertiary/aromatic N) is 2. The monoisotopic (exact) mass is 365 g/mol. The lowest BCUT2D eigenvalue weighted by molar-refractivity contribution is 0.0696. The van der Waals surface area contributed by atoms with Gasteiger partial charge in [0.05, 0.1) is 16.2 Å². The molecule has 136 valence electrons. The third-order valence-electron chi connectivity index (χ3n) is 4.24. The average Bonchev–Trinajstić information content (AvgIpc) is 2.72. The Balaban J connectivity index is 2.22. The minimum absolute atomic E-state index is 0.0612. The zero-order valence-corrected chi connectivity index (χ0v) is 15.8. The van der Waals surface area contributed by atoms with E-state index in [1.807, 2.05) is 20.9 Å². The molecule has 0 aliphatic rings. The fourth-order valence-electron chi connectivity index (χ4n) is 2.87. The Kier molecular flexibility index (Phi) is 5.34. The molecule has 0 amide bonds. The average molecular weight is 365 g/mol. The van der Waals surface area contributed by atoms with Crippen molar-refractivity contribution in [3.8, 4) is 0 Å². The maximum absolute atomic E-state index is 12.6. The van der Waals surface area contributed by atoms with Gasteiger partial charge in [-0.3, -0.25) is 4.68 Å². The van der Waals surface area contributed by atoms with Gasteiger partial charge in [-0.1, -0.05) is 0 Å². The second-order valence-electron chi connectivity index (χ2n) is 6.28. The number of rotatable bonds is 6. The Hall–Kier alpha value is -2.19. The Labute approximate surface area is 147 Å². The van der Waals surface area contributed by atoms with Gasteiger partial charge in [0, 0.05) is 18.8 Å². The maximum Gasteiger partial charge on any atom is 0.335 e. The highest BCUT2D eigenvalue weighted by Gasteiger charge is 2.22. The summed E-state index contributed by atoms with van der Waals surface area (Å²) in [5.41, 5.74) is 3.37. The summed E-state index contributed by atoms with van der Waals surface area (Å²) in [7, 11) is -1.89. The normalized spacial score (nSPS) is 13.0. The van der Waals surface area contributed by atoms with E-state index in [2.05, 4.69) is 9.82 Å². The van der Waals surface area contributed by atoms with Gasteiger partial charge < -0.3 is 5.11 Å². The molecule has 0 bridgehead atoms. The zero-order valence-electron chi connectivity index (χ0n) is 15.0. The van der Waals surface area contributed by atoms with E-state index in [-0.39, 0.29) is 16.5 Å². The zero-order chi connectivity index (χ0) is 18.9. The van der Waals surface area contributed by atoms with E-state index in [1.54, 1.807) is 18.5 Å². The molecular formula is C17H23N3O4S. The van der Waals surface area contributed by atoms with Gasteiger partial charge in [0.25, 0.3) is 0 Å². The summed E-state index contributed by atoms with van der Waals surface area (Å²) in [6.07, 6.45) is 0.525. The Morgan fingerprint density at radius 2 is 1.96 bits per heavy atom. The van der Waals surface area contributed by atoms with Crippen molar-refractivity contribution in [1.29, 1.82) is 0 Å². The van der Waals surface area contributed by atoms with Crippen molar-refractivity contribution < 1.29 is 18.3 Å². The van der Waals surface area contributed by atoms with Crippen LogP contribution in [0, 0.1) is 20.8 Å². The summed E-state index contributed by atoms with van der Waals surface area (Å²) in [5, 5.41) is 13.3. The van der Waals surface area contributed by atoms with Crippen LogP contribution in [0.3, 0.4) is 0 Å². The van der Waals surface area contributed by atoms with Crippen LogP contribution in [0.4, 0.5) is 0 Å². The van der Waals surface area contributed by atoms with Gasteiger partial charge in [-0.15, -0.1) is 0 Å². The van der Waals surface area contributed by atoms with Crippen LogP contribution in [-0.2, 0) is 23.5 Å². The number of hydrogen-bond donors (Lipinski definition) is 2. The van der Waals surface area contributed by atoms with Crippen LogP contribution in [0.2, 0.25) is 0 Å². The molecule has 0 saturated carbocycles. The van der Waals surface area contributed by atoms with Crippen LogP contribution in [0.1, 0.15) is 39.8 Å². The molecule has 2 aromatic rings. The number of aromatic carboxylic acids is 1. The first-order valence-corrected chi connectivity index (χ1v) is 9.36. The minimum Gasteiger partial charge on any atom is -0.478 e. The van der Waals surface area contributed by atoms with Crippen LogP contribution in [0.5, 0.6) is 0 Å². The predicted octanol–water partition coefficient (Wildman–Crippen LogP) is 1.95. The molecule has 2 rings (SSSR count). The number of nitrogens with one attached hydrogen (secondary N) is 1. The van der Waals surface area contributed by atoms with Crippen LogP contribution in [0.15, 0.2) is 23.1 Å². The lowest BCUT2D eigenvalue weighted by Crippen LogP contribution is -2.34. The van der Waals surface area contributed by atoms with E-state index in [0.29, 0.717) is 12.0 Å². The van der Waals surface area contributed by atoms with E-state index in [4.69, 9.17) is 5.11 Å². The number of carbonyl (C=O) groups is 1. The third kappa shape index (κ3) is 4.08. The summed E-state index contributed by atoms with van der Waals surface area (Å²) in [6, 6.07) is 3.65. The predicted molar refractivity (Wildman–Crippen MR) is 94.3 cm³/mol. The standard InChI is InChI=1S/C17H23N3O4S/c1-10-8-14(17(21)22)6-7-16(10)25(23,24)19-11(2)9-15-12(3)18-20(5)13(15)4/h6-8,11,19H,9H2,1-5H3,(H,21,22). The number of benzene rings is 1. The molecule has 0 aliphatic heterocycles. The summed E-state index contributed by atoms with van der Waals surface area (Å²) >= 11 is 0. The molecule has 25 heavy (non-hydrogen) atoms. The molecule has 0 fully saturated rings. The highest BCUT2D eigenvalue weighted by atomic mass is 32.2. The van der Waals surface area contributed by atoms with Crippen molar-refractivity contribution in [1.82, 2.24) is 14.5 Å². The fourth-order valence-corrected chi connectivity index (χ4v) is 4.34. The van der Waals surface area contributed by atoms with Crippen molar-refractivity contribution in [2.75, 3.05) is 0 Å². The first kappa shape index (κ1) is 19.1. The number of sulfonamides is 1. The minimum atomic E-state index is -3.74. The molecule has 8 heteroatoms. The molecule has 1 heterocycles. The molecule has 7 nitrogen and oxygen atoms in total. The molecule has 1 atom stereocenters. The Bertz CT molecular complexity index is 916. The van der Waals surface area contributed by atoms with Crippen molar-refractivity contribution in [3.05, 3.63) is 46.3 Å². The van der Waals surface area contributed by atoms with Gasteiger partial charge in [-0.05, 0) is 63.4 Å². The van der Waals surface area contributed by atoms with E-state index < -0.39 is 16.0 Å². The first-order chi connectivity index (χ1) is 11.5. The Morgan fingerprint density at radius 1 is 1.32 bits per heavy atom. The number of carboxylic acid groups (broad SMARTS) is 1. The summed E-state index contributed by atoms with van der Waals surface area (Å²) in [5.74, 6) is -1.09. The number of aromatic nitrogens is 2. The van der Waals surface area contributed by atoms with Crippen molar-refractivity contribution in [3.63, 3.8) is 0 Å². The molecule has 2 N–H and O–H groups in total. The molecule has 1 unspecified atom stereocenters. The second kappa shape index (κ2) is 6.97. The number of hydrogen-bond acceptors (Lipinski definition) is 4. The van der Waals surface area contributed by atoms with Crippen molar-refractivity contribution >= 4 is 16.0 Å². The largest absolute Gasteiger partial charge is 0.478 e. The summed E-state index contributed by atoms with van der Waals surface area (Å²) < 4.78 is 29.7. The Morgan fingerprint density at radius 3 is 2.44 bits per heavy atom. The number of carboxylic acids is 1. The topological polar surface area (TPSA) is 101 Å². The molecule has 0 saturated heterocycles. The van der Waals surface area contributed by atoms with Gasteiger partial charge in [0.15, 0.2) is 0 Å². The van der Waals surface area contributed by atoms with Gasteiger partial charge in [-0.2, -0.15) is 5.10 Å².